The van der Waals surface area contributed by atoms with Crippen molar-refractivity contribution in [2.45, 2.75) is 18.9 Å². The number of amides is 1. The van der Waals surface area contributed by atoms with Crippen LogP contribution in [0.4, 0.5) is 4.39 Å². The molecule has 114 valence electrons. The molecular formula is C16H20FNO3. The molecule has 1 N–H and O–H groups in total. The summed E-state index contributed by atoms with van der Waals surface area (Å²) in [5.41, 5.74) is 0.581. The zero-order valence-corrected chi connectivity index (χ0v) is 12.3. The maximum absolute atomic E-state index is 13.5. The van der Waals surface area contributed by atoms with E-state index in [-0.39, 0.29) is 11.7 Å². The number of halogens is 1. The normalized spacial score (nSPS) is 16.0. The lowest BCUT2D eigenvalue weighted by atomic mass is 10.2. The molecule has 1 amide bonds. The van der Waals surface area contributed by atoms with Crippen LogP contribution in [0.3, 0.4) is 0 Å². The van der Waals surface area contributed by atoms with Crippen LogP contribution in [0.15, 0.2) is 24.3 Å². The predicted octanol–water partition coefficient (Wildman–Crippen LogP) is 2.08. The lowest BCUT2D eigenvalue weighted by Crippen LogP contribution is -2.34. The van der Waals surface area contributed by atoms with E-state index < -0.39 is 11.9 Å². The van der Waals surface area contributed by atoms with Gasteiger partial charge in [0.1, 0.15) is 0 Å². The molecule has 0 aromatic heterocycles. The summed E-state index contributed by atoms with van der Waals surface area (Å²) >= 11 is 0. The van der Waals surface area contributed by atoms with E-state index in [1.807, 2.05) is 0 Å². The monoisotopic (exact) mass is 293 g/mol. The van der Waals surface area contributed by atoms with Crippen molar-refractivity contribution in [2.24, 2.45) is 5.92 Å². The number of aliphatic hydroxyl groups excluding tert-OH is 1. The fourth-order valence-corrected chi connectivity index (χ4v) is 2.08. The van der Waals surface area contributed by atoms with Crippen molar-refractivity contribution in [2.75, 3.05) is 20.7 Å². The summed E-state index contributed by atoms with van der Waals surface area (Å²) in [6.45, 7) is 0.324. The van der Waals surface area contributed by atoms with E-state index in [1.165, 1.54) is 30.2 Å². The van der Waals surface area contributed by atoms with Crippen LogP contribution in [0.2, 0.25) is 0 Å². The van der Waals surface area contributed by atoms with E-state index in [2.05, 4.69) is 0 Å². The van der Waals surface area contributed by atoms with E-state index >= 15 is 0 Å². The fraction of sp³-hybridized carbons (Fsp3) is 0.438. The third kappa shape index (κ3) is 4.29. The zero-order valence-electron chi connectivity index (χ0n) is 12.3. The summed E-state index contributed by atoms with van der Waals surface area (Å²) in [5.74, 6) is -0.182. The molecule has 1 fully saturated rings. The molecule has 2 rings (SSSR count). The zero-order chi connectivity index (χ0) is 15.4. The molecule has 21 heavy (non-hydrogen) atoms. The molecule has 1 unspecified atom stereocenters. The third-order valence-electron chi connectivity index (χ3n) is 3.60. The molecule has 1 aromatic carbocycles. The Hall–Kier alpha value is -1.88. The Bertz CT molecular complexity index is 540. The molecule has 0 saturated heterocycles. The second-order valence-corrected chi connectivity index (χ2v) is 5.35. The van der Waals surface area contributed by atoms with Crippen molar-refractivity contribution < 1.29 is 19.0 Å². The number of ether oxygens (including phenoxy) is 1. The van der Waals surface area contributed by atoms with Crippen LogP contribution in [0.1, 0.15) is 18.4 Å². The number of hydrogen-bond donors (Lipinski definition) is 1. The van der Waals surface area contributed by atoms with E-state index in [4.69, 9.17) is 4.74 Å². The second-order valence-electron chi connectivity index (χ2n) is 5.35. The van der Waals surface area contributed by atoms with Gasteiger partial charge in [-0.25, -0.2) is 4.39 Å². The van der Waals surface area contributed by atoms with E-state index in [1.54, 1.807) is 19.2 Å². The van der Waals surface area contributed by atoms with Crippen LogP contribution in [0.5, 0.6) is 5.75 Å². The summed E-state index contributed by atoms with van der Waals surface area (Å²) in [4.78, 5) is 13.4. The van der Waals surface area contributed by atoms with Gasteiger partial charge in [0.25, 0.3) is 0 Å². The number of likely N-dealkylation sites (N-methyl/N-ethyl adjacent to an activating group) is 1. The topological polar surface area (TPSA) is 49.8 Å². The maximum Gasteiger partial charge on any atom is 0.246 e. The Labute approximate surface area is 123 Å². The average Bonchev–Trinajstić information content (AvgIpc) is 3.29. The summed E-state index contributed by atoms with van der Waals surface area (Å²) in [6, 6.07) is 4.49. The van der Waals surface area contributed by atoms with Crippen LogP contribution in [0, 0.1) is 11.7 Å². The quantitative estimate of drug-likeness (QED) is 0.817. The molecule has 0 radical (unpaired) electrons. The number of nitrogens with zero attached hydrogens (tertiary/aromatic N) is 1. The summed E-state index contributed by atoms with van der Waals surface area (Å²) in [5, 5.41) is 9.81. The minimum Gasteiger partial charge on any atom is -0.494 e. The highest BCUT2D eigenvalue weighted by atomic mass is 19.1. The van der Waals surface area contributed by atoms with Gasteiger partial charge in [-0.1, -0.05) is 6.07 Å². The van der Waals surface area contributed by atoms with Gasteiger partial charge in [0.2, 0.25) is 5.91 Å². The summed E-state index contributed by atoms with van der Waals surface area (Å²) in [6.07, 6.45) is 4.53. The van der Waals surface area contributed by atoms with E-state index in [0.29, 0.717) is 18.0 Å². The molecule has 5 heteroatoms. The first kappa shape index (κ1) is 15.5. The maximum atomic E-state index is 13.5. The molecule has 0 heterocycles. The fourth-order valence-electron chi connectivity index (χ4n) is 2.08. The Morgan fingerprint density at radius 1 is 1.57 bits per heavy atom. The first-order chi connectivity index (χ1) is 10.0. The van der Waals surface area contributed by atoms with Crippen molar-refractivity contribution >= 4 is 12.0 Å². The largest absolute Gasteiger partial charge is 0.494 e. The number of carbonyl (C=O) groups excluding carboxylic acids is 1. The first-order valence-electron chi connectivity index (χ1n) is 6.96. The summed E-state index contributed by atoms with van der Waals surface area (Å²) in [7, 11) is 3.05. The van der Waals surface area contributed by atoms with Gasteiger partial charge in [-0.2, -0.15) is 0 Å². The van der Waals surface area contributed by atoms with Crippen LogP contribution in [-0.4, -0.2) is 42.7 Å². The van der Waals surface area contributed by atoms with Gasteiger partial charge < -0.3 is 14.7 Å². The molecule has 1 atom stereocenters. The smallest absolute Gasteiger partial charge is 0.246 e. The molecular weight excluding hydrogens is 273 g/mol. The number of carbonyl (C=O) groups is 1. The first-order valence-corrected chi connectivity index (χ1v) is 6.96. The Morgan fingerprint density at radius 3 is 2.86 bits per heavy atom. The average molecular weight is 293 g/mol. The lowest BCUT2D eigenvalue weighted by molar-refractivity contribution is -0.126. The van der Waals surface area contributed by atoms with Gasteiger partial charge in [-0.3, -0.25) is 4.79 Å². The van der Waals surface area contributed by atoms with Crippen LogP contribution >= 0.6 is 0 Å². The molecule has 1 aromatic rings. The predicted molar refractivity (Wildman–Crippen MR) is 78.4 cm³/mol. The SMILES string of the molecule is COc1ccc(/C=C/C(=O)N(C)CC(O)C2CC2)cc1F. The van der Waals surface area contributed by atoms with Crippen LogP contribution in [-0.2, 0) is 4.79 Å². The van der Waals surface area contributed by atoms with Gasteiger partial charge in [0.05, 0.1) is 13.2 Å². The number of benzene rings is 1. The molecule has 0 aliphatic heterocycles. The number of aliphatic hydroxyl groups is 1. The molecule has 0 spiro atoms. The van der Waals surface area contributed by atoms with Crippen molar-refractivity contribution in [3.8, 4) is 5.75 Å². The van der Waals surface area contributed by atoms with Crippen molar-refractivity contribution in [3.05, 3.63) is 35.7 Å². The van der Waals surface area contributed by atoms with Crippen molar-refractivity contribution in [3.63, 3.8) is 0 Å². The second kappa shape index (κ2) is 6.72. The van der Waals surface area contributed by atoms with E-state index in [0.717, 1.165) is 12.8 Å². The Balaban J connectivity index is 1.92. The van der Waals surface area contributed by atoms with Crippen molar-refractivity contribution in [1.29, 1.82) is 0 Å². The number of hydrogen-bond acceptors (Lipinski definition) is 3. The number of rotatable bonds is 6. The Morgan fingerprint density at radius 2 is 2.29 bits per heavy atom. The third-order valence-corrected chi connectivity index (χ3v) is 3.60. The summed E-state index contributed by atoms with van der Waals surface area (Å²) < 4.78 is 18.3. The van der Waals surface area contributed by atoms with Gasteiger partial charge in [0.15, 0.2) is 11.6 Å². The Kier molecular flexibility index (Phi) is 4.96. The van der Waals surface area contributed by atoms with Gasteiger partial charge >= 0.3 is 0 Å². The minimum atomic E-state index is -0.468. The molecule has 1 aliphatic rings. The standard InChI is InChI=1S/C16H20FNO3/c1-18(10-14(19)12-5-6-12)16(20)8-4-11-3-7-15(21-2)13(17)9-11/h3-4,7-9,12,14,19H,5-6,10H2,1-2H3/b8-4+. The lowest BCUT2D eigenvalue weighted by Gasteiger charge is -2.19. The van der Waals surface area contributed by atoms with Gasteiger partial charge in [0, 0.05) is 19.7 Å². The minimum absolute atomic E-state index is 0.170. The molecule has 4 nitrogen and oxygen atoms in total. The molecule has 1 aliphatic carbocycles. The van der Waals surface area contributed by atoms with E-state index in [9.17, 15) is 14.3 Å². The van der Waals surface area contributed by atoms with Crippen LogP contribution < -0.4 is 4.74 Å². The highest BCUT2D eigenvalue weighted by molar-refractivity contribution is 5.91. The van der Waals surface area contributed by atoms with Crippen LogP contribution in [0.25, 0.3) is 6.08 Å². The molecule has 1 saturated carbocycles. The van der Waals surface area contributed by atoms with Gasteiger partial charge in [-0.15, -0.1) is 0 Å². The molecule has 0 bridgehead atoms. The highest BCUT2D eigenvalue weighted by Gasteiger charge is 2.30. The number of methoxy groups -OCH3 is 1. The highest BCUT2D eigenvalue weighted by Crippen LogP contribution is 2.32. The van der Waals surface area contributed by atoms with Gasteiger partial charge in [-0.05, 0) is 42.5 Å². The van der Waals surface area contributed by atoms with Crippen molar-refractivity contribution in [1.82, 2.24) is 4.90 Å².